The van der Waals surface area contributed by atoms with Gasteiger partial charge in [-0.3, -0.25) is 14.8 Å². The first-order valence-corrected chi connectivity index (χ1v) is 10.5. The number of nitrogens with zero attached hydrogens (tertiary/aromatic N) is 6. The molecule has 27 heavy (non-hydrogen) atoms. The van der Waals surface area contributed by atoms with Crippen LogP contribution in [0.5, 0.6) is 0 Å². The third-order valence-electron chi connectivity index (χ3n) is 6.19. The van der Waals surface area contributed by atoms with E-state index in [0.717, 1.165) is 51.3 Å². The van der Waals surface area contributed by atoms with Crippen molar-refractivity contribution in [3.8, 4) is 0 Å². The van der Waals surface area contributed by atoms with E-state index in [1.54, 1.807) is 0 Å². The summed E-state index contributed by atoms with van der Waals surface area (Å²) in [5.41, 5.74) is 2.49. The van der Waals surface area contributed by atoms with E-state index in [0.29, 0.717) is 5.92 Å². The minimum absolute atomic E-state index is 0.529. The van der Waals surface area contributed by atoms with E-state index in [4.69, 9.17) is 0 Å². The Balaban J connectivity index is 1.31. The van der Waals surface area contributed by atoms with Crippen molar-refractivity contribution in [3.05, 3.63) is 41.2 Å². The third kappa shape index (κ3) is 4.38. The molecule has 0 spiro atoms. The standard InChI is InChI=1S/C21H32N6/c1-3-17-6-7-19(22-14-17)15-27-12-8-18(9-13-27)21-24-23-20(25(21)2)16-26-10-4-5-11-26/h6-7,14,18H,3-5,8-13,15-16H2,1-2H3. The monoisotopic (exact) mass is 368 g/mol. The van der Waals surface area contributed by atoms with Gasteiger partial charge in [0.05, 0.1) is 12.2 Å². The molecule has 2 aromatic heterocycles. The van der Waals surface area contributed by atoms with Crippen LogP contribution in [0.2, 0.25) is 0 Å². The normalized spacial score (nSPS) is 19.8. The summed E-state index contributed by atoms with van der Waals surface area (Å²) in [6, 6.07) is 4.38. The van der Waals surface area contributed by atoms with Crippen LogP contribution >= 0.6 is 0 Å². The summed E-state index contributed by atoms with van der Waals surface area (Å²) in [5.74, 6) is 2.82. The van der Waals surface area contributed by atoms with Gasteiger partial charge in [-0.05, 0) is 69.9 Å². The molecule has 146 valence electrons. The topological polar surface area (TPSA) is 50.1 Å². The summed E-state index contributed by atoms with van der Waals surface area (Å²) in [6.45, 7) is 8.69. The van der Waals surface area contributed by atoms with Crippen molar-refractivity contribution in [2.24, 2.45) is 7.05 Å². The molecule has 0 amide bonds. The Morgan fingerprint density at radius 3 is 2.37 bits per heavy atom. The molecule has 0 radical (unpaired) electrons. The summed E-state index contributed by atoms with van der Waals surface area (Å²) in [4.78, 5) is 9.63. The highest BCUT2D eigenvalue weighted by molar-refractivity contribution is 5.14. The van der Waals surface area contributed by atoms with Gasteiger partial charge in [0.1, 0.15) is 11.6 Å². The molecule has 4 rings (SSSR count). The molecule has 4 heterocycles. The quantitative estimate of drug-likeness (QED) is 0.785. The van der Waals surface area contributed by atoms with E-state index < -0.39 is 0 Å². The van der Waals surface area contributed by atoms with Crippen molar-refractivity contribution < 1.29 is 0 Å². The summed E-state index contributed by atoms with van der Waals surface area (Å²) < 4.78 is 2.25. The van der Waals surface area contributed by atoms with Crippen molar-refractivity contribution in [2.75, 3.05) is 26.2 Å². The molecule has 0 aromatic carbocycles. The Bertz CT molecular complexity index is 724. The van der Waals surface area contributed by atoms with Gasteiger partial charge in [-0.1, -0.05) is 13.0 Å². The third-order valence-corrected chi connectivity index (χ3v) is 6.19. The first kappa shape index (κ1) is 18.6. The minimum Gasteiger partial charge on any atom is -0.317 e. The maximum atomic E-state index is 4.61. The lowest BCUT2D eigenvalue weighted by Crippen LogP contribution is -2.33. The van der Waals surface area contributed by atoms with Crippen LogP contribution < -0.4 is 0 Å². The lowest BCUT2D eigenvalue weighted by molar-refractivity contribution is 0.198. The largest absolute Gasteiger partial charge is 0.317 e. The Hall–Kier alpha value is -1.79. The molecule has 2 aromatic rings. The molecular weight excluding hydrogens is 336 g/mol. The summed E-state index contributed by atoms with van der Waals surface area (Å²) in [5, 5.41) is 9.07. The lowest BCUT2D eigenvalue weighted by Gasteiger charge is -2.31. The Morgan fingerprint density at radius 2 is 1.70 bits per heavy atom. The van der Waals surface area contributed by atoms with Crippen LogP contribution in [0.1, 0.15) is 61.4 Å². The van der Waals surface area contributed by atoms with Gasteiger partial charge in [0, 0.05) is 25.7 Å². The first-order chi connectivity index (χ1) is 13.2. The predicted molar refractivity (Wildman–Crippen MR) is 106 cm³/mol. The molecule has 2 aliphatic rings. The molecule has 0 saturated carbocycles. The minimum atomic E-state index is 0.529. The Morgan fingerprint density at radius 1 is 0.963 bits per heavy atom. The van der Waals surface area contributed by atoms with Gasteiger partial charge in [-0.2, -0.15) is 0 Å². The van der Waals surface area contributed by atoms with Gasteiger partial charge >= 0.3 is 0 Å². The summed E-state index contributed by atoms with van der Waals surface area (Å²) in [7, 11) is 2.15. The van der Waals surface area contributed by atoms with Crippen LogP contribution in [0.3, 0.4) is 0 Å². The number of piperidine rings is 1. The molecule has 2 fully saturated rings. The van der Waals surface area contributed by atoms with Crippen LogP contribution in [0.4, 0.5) is 0 Å². The number of pyridine rings is 1. The number of rotatable bonds is 6. The predicted octanol–water partition coefficient (Wildman–Crippen LogP) is 2.75. The second-order valence-corrected chi connectivity index (χ2v) is 8.08. The van der Waals surface area contributed by atoms with Gasteiger partial charge in [0.25, 0.3) is 0 Å². The van der Waals surface area contributed by atoms with E-state index in [1.807, 2.05) is 6.20 Å². The van der Waals surface area contributed by atoms with Crippen molar-refractivity contribution >= 4 is 0 Å². The molecule has 0 atom stereocenters. The molecule has 6 nitrogen and oxygen atoms in total. The summed E-state index contributed by atoms with van der Waals surface area (Å²) >= 11 is 0. The second-order valence-electron chi connectivity index (χ2n) is 8.08. The molecule has 2 saturated heterocycles. The molecule has 6 heteroatoms. The fourth-order valence-electron chi connectivity index (χ4n) is 4.35. The van der Waals surface area contributed by atoms with Crippen molar-refractivity contribution in [1.82, 2.24) is 29.5 Å². The van der Waals surface area contributed by atoms with E-state index in [1.165, 1.54) is 43.0 Å². The van der Waals surface area contributed by atoms with Crippen LogP contribution in [-0.4, -0.2) is 55.7 Å². The van der Waals surface area contributed by atoms with Crippen LogP contribution in [0.15, 0.2) is 18.3 Å². The highest BCUT2D eigenvalue weighted by atomic mass is 15.3. The lowest BCUT2D eigenvalue weighted by atomic mass is 9.96. The van der Waals surface area contributed by atoms with Gasteiger partial charge < -0.3 is 4.57 Å². The number of likely N-dealkylation sites (tertiary alicyclic amines) is 2. The van der Waals surface area contributed by atoms with Crippen LogP contribution in [0, 0.1) is 0 Å². The maximum absolute atomic E-state index is 4.61. The van der Waals surface area contributed by atoms with E-state index >= 15 is 0 Å². The smallest absolute Gasteiger partial charge is 0.146 e. The molecular formula is C21H32N6. The highest BCUT2D eigenvalue weighted by Crippen LogP contribution is 2.27. The molecule has 0 bridgehead atoms. The molecule has 0 unspecified atom stereocenters. The van der Waals surface area contributed by atoms with Crippen LogP contribution in [-0.2, 0) is 26.6 Å². The van der Waals surface area contributed by atoms with Gasteiger partial charge in [-0.15, -0.1) is 10.2 Å². The highest BCUT2D eigenvalue weighted by Gasteiger charge is 2.26. The Kier molecular flexibility index (Phi) is 5.83. The summed E-state index contributed by atoms with van der Waals surface area (Å²) in [6.07, 6.45) is 8.02. The average Bonchev–Trinajstić information content (AvgIpc) is 3.34. The first-order valence-electron chi connectivity index (χ1n) is 10.5. The number of hydrogen-bond donors (Lipinski definition) is 0. The molecule has 0 aliphatic carbocycles. The number of hydrogen-bond acceptors (Lipinski definition) is 5. The van der Waals surface area contributed by atoms with Crippen molar-refractivity contribution in [2.45, 2.75) is 58.0 Å². The molecule has 0 N–H and O–H groups in total. The zero-order valence-corrected chi connectivity index (χ0v) is 16.8. The van der Waals surface area contributed by atoms with Crippen molar-refractivity contribution in [1.29, 1.82) is 0 Å². The molecule has 2 aliphatic heterocycles. The fraction of sp³-hybridized carbons (Fsp3) is 0.667. The Labute approximate surface area is 162 Å². The van der Waals surface area contributed by atoms with Gasteiger partial charge in [0.15, 0.2) is 0 Å². The van der Waals surface area contributed by atoms with Crippen LogP contribution in [0.25, 0.3) is 0 Å². The van der Waals surface area contributed by atoms with Gasteiger partial charge in [-0.25, -0.2) is 0 Å². The number of aromatic nitrogens is 4. The van der Waals surface area contributed by atoms with Gasteiger partial charge in [0.2, 0.25) is 0 Å². The van der Waals surface area contributed by atoms with E-state index in [9.17, 15) is 0 Å². The van der Waals surface area contributed by atoms with E-state index in [-0.39, 0.29) is 0 Å². The van der Waals surface area contributed by atoms with E-state index in [2.05, 4.69) is 55.7 Å². The fourth-order valence-corrected chi connectivity index (χ4v) is 4.35. The zero-order chi connectivity index (χ0) is 18.6. The average molecular weight is 369 g/mol. The van der Waals surface area contributed by atoms with Crippen molar-refractivity contribution in [3.63, 3.8) is 0 Å². The number of aryl methyl sites for hydroxylation is 1. The zero-order valence-electron chi connectivity index (χ0n) is 16.8. The SMILES string of the molecule is CCc1ccc(CN2CCC(c3nnc(CN4CCCC4)n3C)CC2)nc1. The maximum Gasteiger partial charge on any atom is 0.146 e. The second kappa shape index (κ2) is 8.48.